The third kappa shape index (κ3) is 3.64. The fourth-order valence-electron chi connectivity index (χ4n) is 2.02. The molecule has 1 aliphatic heterocycles. The van der Waals surface area contributed by atoms with Gasteiger partial charge in [0.05, 0.1) is 6.26 Å². The summed E-state index contributed by atoms with van der Waals surface area (Å²) in [5.41, 5.74) is 0. The van der Waals surface area contributed by atoms with Gasteiger partial charge < -0.3 is 4.90 Å². The maximum Gasteiger partial charge on any atom is 0.211 e. The lowest BCUT2D eigenvalue weighted by Crippen LogP contribution is -2.48. The second kappa shape index (κ2) is 5.72. The van der Waals surface area contributed by atoms with Crippen LogP contribution in [-0.2, 0) is 16.4 Å². The summed E-state index contributed by atoms with van der Waals surface area (Å²) < 4.78 is 25.2. The van der Waals surface area contributed by atoms with Gasteiger partial charge in [0.15, 0.2) is 0 Å². The van der Waals surface area contributed by atoms with Crippen LogP contribution in [0.1, 0.15) is 12.7 Å². The number of anilines is 1. The lowest BCUT2D eigenvalue weighted by molar-refractivity contribution is 0.386. The largest absolute Gasteiger partial charge is 0.354 e. The molecule has 1 aromatic heterocycles. The van der Waals surface area contributed by atoms with Crippen molar-refractivity contribution in [3.05, 3.63) is 16.5 Å². The van der Waals surface area contributed by atoms with Crippen LogP contribution in [0.3, 0.4) is 0 Å². The van der Waals surface area contributed by atoms with E-state index in [9.17, 15) is 8.42 Å². The zero-order valence-electron chi connectivity index (χ0n) is 11.0. The first kappa shape index (κ1) is 14.7. The zero-order chi connectivity index (χ0) is 14.0. The van der Waals surface area contributed by atoms with Crippen LogP contribution in [0.4, 0.5) is 5.82 Å². The average molecular weight is 349 g/mol. The van der Waals surface area contributed by atoms with Gasteiger partial charge in [0, 0.05) is 38.7 Å². The van der Waals surface area contributed by atoms with Crippen molar-refractivity contribution in [3.63, 3.8) is 0 Å². The van der Waals surface area contributed by atoms with Crippen LogP contribution in [0.25, 0.3) is 0 Å². The van der Waals surface area contributed by atoms with Crippen LogP contribution < -0.4 is 4.90 Å². The molecular formula is C11H17BrN4O2S. The Kier molecular flexibility index (Phi) is 4.42. The van der Waals surface area contributed by atoms with Crippen molar-refractivity contribution in [1.29, 1.82) is 0 Å². The van der Waals surface area contributed by atoms with Gasteiger partial charge in [0.1, 0.15) is 16.2 Å². The highest BCUT2D eigenvalue weighted by Gasteiger charge is 2.24. The lowest BCUT2D eigenvalue weighted by atomic mass is 10.3. The molecule has 1 aromatic rings. The van der Waals surface area contributed by atoms with Gasteiger partial charge in [-0.1, -0.05) is 6.92 Å². The molecule has 0 aliphatic carbocycles. The Bertz CT molecular complexity index is 556. The molecule has 0 bridgehead atoms. The van der Waals surface area contributed by atoms with E-state index in [1.165, 1.54) is 10.6 Å². The first-order chi connectivity index (χ1) is 8.90. The van der Waals surface area contributed by atoms with Gasteiger partial charge in [-0.2, -0.15) is 4.31 Å². The Morgan fingerprint density at radius 2 is 1.89 bits per heavy atom. The quantitative estimate of drug-likeness (QED) is 0.758. The number of hydrogen-bond acceptors (Lipinski definition) is 5. The number of aryl methyl sites for hydroxylation is 1. The second-order valence-corrected chi connectivity index (χ2v) is 7.26. The molecule has 1 aliphatic rings. The smallest absolute Gasteiger partial charge is 0.211 e. The van der Waals surface area contributed by atoms with E-state index in [1.807, 2.05) is 13.0 Å². The first-order valence-electron chi connectivity index (χ1n) is 6.13. The number of aromatic nitrogens is 2. The van der Waals surface area contributed by atoms with Crippen molar-refractivity contribution < 1.29 is 8.42 Å². The maximum atomic E-state index is 11.5. The van der Waals surface area contributed by atoms with E-state index in [0.717, 1.165) is 22.7 Å². The SMILES string of the molecule is CCc1nc(Br)cc(N2CCN(S(C)(=O)=O)CC2)n1. The Hall–Kier alpha value is -0.730. The fourth-order valence-corrected chi connectivity index (χ4v) is 3.26. The minimum Gasteiger partial charge on any atom is -0.354 e. The van der Waals surface area contributed by atoms with E-state index in [-0.39, 0.29) is 0 Å². The second-order valence-electron chi connectivity index (χ2n) is 4.47. The molecule has 2 heterocycles. The van der Waals surface area contributed by atoms with E-state index in [1.54, 1.807) is 0 Å². The summed E-state index contributed by atoms with van der Waals surface area (Å²) in [6, 6.07) is 1.87. The highest BCUT2D eigenvalue weighted by atomic mass is 79.9. The van der Waals surface area contributed by atoms with E-state index in [4.69, 9.17) is 0 Å². The average Bonchev–Trinajstić information content (AvgIpc) is 2.37. The van der Waals surface area contributed by atoms with Crippen molar-refractivity contribution in [3.8, 4) is 0 Å². The maximum absolute atomic E-state index is 11.5. The van der Waals surface area contributed by atoms with E-state index >= 15 is 0 Å². The van der Waals surface area contributed by atoms with Gasteiger partial charge in [0.25, 0.3) is 0 Å². The number of hydrogen-bond donors (Lipinski definition) is 0. The molecule has 2 rings (SSSR count). The Morgan fingerprint density at radius 3 is 2.42 bits per heavy atom. The number of nitrogens with zero attached hydrogens (tertiary/aromatic N) is 4. The van der Waals surface area contributed by atoms with Crippen molar-refractivity contribution in [1.82, 2.24) is 14.3 Å². The molecule has 6 nitrogen and oxygen atoms in total. The number of rotatable bonds is 3. The molecule has 1 fully saturated rings. The topological polar surface area (TPSA) is 66.4 Å². The van der Waals surface area contributed by atoms with Gasteiger partial charge in [-0.15, -0.1) is 0 Å². The summed E-state index contributed by atoms with van der Waals surface area (Å²) in [7, 11) is -3.09. The molecule has 0 atom stereocenters. The number of piperazine rings is 1. The summed E-state index contributed by atoms with van der Waals surface area (Å²) in [4.78, 5) is 10.8. The third-order valence-electron chi connectivity index (χ3n) is 3.08. The highest BCUT2D eigenvalue weighted by molar-refractivity contribution is 9.10. The van der Waals surface area contributed by atoms with Crippen molar-refractivity contribution in [2.45, 2.75) is 13.3 Å². The molecule has 1 saturated heterocycles. The van der Waals surface area contributed by atoms with Crippen molar-refractivity contribution in [2.24, 2.45) is 0 Å². The highest BCUT2D eigenvalue weighted by Crippen LogP contribution is 2.19. The summed E-state index contributed by atoms with van der Waals surface area (Å²) in [6.07, 6.45) is 2.02. The summed E-state index contributed by atoms with van der Waals surface area (Å²) in [5, 5.41) is 0. The molecule has 0 amide bonds. The van der Waals surface area contributed by atoms with Crippen LogP contribution in [0.2, 0.25) is 0 Å². The van der Waals surface area contributed by atoms with Crippen molar-refractivity contribution in [2.75, 3.05) is 37.3 Å². The third-order valence-corrected chi connectivity index (χ3v) is 4.78. The van der Waals surface area contributed by atoms with Crippen LogP contribution in [0.5, 0.6) is 0 Å². The predicted molar refractivity (Wildman–Crippen MR) is 77.7 cm³/mol. The predicted octanol–water partition coefficient (Wildman–Crippen LogP) is 0.883. The molecule has 8 heteroatoms. The van der Waals surface area contributed by atoms with Gasteiger partial charge in [-0.25, -0.2) is 18.4 Å². The van der Waals surface area contributed by atoms with Crippen LogP contribution in [0.15, 0.2) is 10.7 Å². The van der Waals surface area contributed by atoms with E-state index in [2.05, 4.69) is 30.8 Å². The summed E-state index contributed by atoms with van der Waals surface area (Å²) in [6.45, 7) is 4.32. The van der Waals surface area contributed by atoms with E-state index in [0.29, 0.717) is 26.2 Å². The molecule has 0 saturated carbocycles. The molecule has 0 unspecified atom stereocenters. The Morgan fingerprint density at radius 1 is 1.26 bits per heavy atom. The van der Waals surface area contributed by atoms with Crippen LogP contribution in [-0.4, -0.2) is 55.1 Å². The zero-order valence-corrected chi connectivity index (χ0v) is 13.4. The Balaban J connectivity index is 2.11. The first-order valence-corrected chi connectivity index (χ1v) is 8.78. The molecule has 0 N–H and O–H groups in total. The molecule has 19 heavy (non-hydrogen) atoms. The summed E-state index contributed by atoms with van der Waals surface area (Å²) in [5.74, 6) is 1.64. The van der Waals surface area contributed by atoms with Gasteiger partial charge in [-0.05, 0) is 15.9 Å². The van der Waals surface area contributed by atoms with Crippen LogP contribution >= 0.6 is 15.9 Å². The molecule has 106 valence electrons. The monoisotopic (exact) mass is 348 g/mol. The number of halogens is 1. The summed E-state index contributed by atoms with van der Waals surface area (Å²) >= 11 is 3.38. The number of sulfonamides is 1. The lowest BCUT2D eigenvalue weighted by Gasteiger charge is -2.34. The van der Waals surface area contributed by atoms with Crippen molar-refractivity contribution >= 4 is 31.8 Å². The van der Waals surface area contributed by atoms with Gasteiger partial charge >= 0.3 is 0 Å². The fraction of sp³-hybridized carbons (Fsp3) is 0.636. The van der Waals surface area contributed by atoms with Crippen LogP contribution in [0, 0.1) is 0 Å². The molecule has 0 aromatic carbocycles. The van der Waals surface area contributed by atoms with Gasteiger partial charge in [-0.3, -0.25) is 0 Å². The van der Waals surface area contributed by atoms with E-state index < -0.39 is 10.0 Å². The minimum absolute atomic E-state index is 0.502. The molecular weight excluding hydrogens is 332 g/mol. The minimum atomic E-state index is -3.09. The molecule has 0 spiro atoms. The van der Waals surface area contributed by atoms with Gasteiger partial charge in [0.2, 0.25) is 10.0 Å². The standard InChI is InChI=1S/C11H17BrN4O2S/c1-3-10-13-9(12)8-11(14-10)15-4-6-16(7-5-15)19(2,17)18/h8H,3-7H2,1-2H3. The Labute approximate surface area is 122 Å². The molecule has 0 radical (unpaired) electrons. The normalized spacial score (nSPS) is 17.7.